The maximum absolute atomic E-state index is 11.3. The number of aliphatic hydroxyl groups excluding tert-OH is 1. The molecule has 0 rings (SSSR count). The van der Waals surface area contributed by atoms with Crippen LogP contribution in [0.5, 0.6) is 0 Å². The first kappa shape index (κ1) is 22.9. The first-order chi connectivity index (χ1) is 11.6. The van der Waals surface area contributed by atoms with Gasteiger partial charge >= 0.3 is 5.97 Å². The van der Waals surface area contributed by atoms with Crippen molar-refractivity contribution in [2.24, 2.45) is 0 Å². The molecule has 0 fully saturated rings. The topological polar surface area (TPSA) is 86.6 Å². The number of hydrogen-bond donors (Lipinski definition) is 3. The van der Waals surface area contributed by atoms with Crippen molar-refractivity contribution in [1.29, 1.82) is 0 Å². The largest absolute Gasteiger partial charge is 0.480 e. The molecule has 0 aliphatic rings. The molecule has 0 saturated carbocycles. The molecule has 142 valence electrons. The predicted octanol–water partition coefficient (Wildman–Crippen LogP) is 4.03. The highest BCUT2D eigenvalue weighted by molar-refractivity contribution is 5.81. The smallest absolute Gasteiger partial charge is 0.322 e. The van der Waals surface area contributed by atoms with E-state index in [0.717, 1.165) is 12.8 Å². The molecule has 0 spiro atoms. The second kappa shape index (κ2) is 16.7. The van der Waals surface area contributed by atoms with Gasteiger partial charge < -0.3 is 15.5 Å². The summed E-state index contributed by atoms with van der Waals surface area (Å²) in [6.07, 6.45) is 15.2. The normalized spacial score (nSPS) is 12.1. The van der Waals surface area contributed by atoms with Crippen molar-refractivity contribution < 1.29 is 19.8 Å². The van der Waals surface area contributed by atoms with Crippen LogP contribution in [0.15, 0.2) is 0 Å². The van der Waals surface area contributed by atoms with Gasteiger partial charge in [0.2, 0.25) is 5.91 Å². The van der Waals surface area contributed by atoms with Gasteiger partial charge in [-0.2, -0.15) is 0 Å². The molecule has 0 saturated heterocycles. The standard InChI is InChI=1S/C19H37NO4/c1-2-3-4-5-6-7-8-9-10-11-12-13-14-17(21)15-18(22)20-16-19(23)24/h17,21H,2-16H2,1H3,(H,20,22)(H,23,24)/t17-/m0/s1. The molecule has 0 unspecified atom stereocenters. The van der Waals surface area contributed by atoms with Crippen molar-refractivity contribution in [3.63, 3.8) is 0 Å². The van der Waals surface area contributed by atoms with Gasteiger partial charge in [-0.15, -0.1) is 0 Å². The van der Waals surface area contributed by atoms with Crippen molar-refractivity contribution in [2.75, 3.05) is 6.54 Å². The molecule has 0 aliphatic carbocycles. The Morgan fingerprint density at radius 2 is 1.29 bits per heavy atom. The summed E-state index contributed by atoms with van der Waals surface area (Å²) in [6.45, 7) is 1.86. The van der Waals surface area contributed by atoms with Crippen molar-refractivity contribution in [2.45, 2.75) is 103 Å². The Morgan fingerprint density at radius 3 is 1.75 bits per heavy atom. The highest BCUT2D eigenvalue weighted by Crippen LogP contribution is 2.13. The van der Waals surface area contributed by atoms with Crippen LogP contribution >= 0.6 is 0 Å². The summed E-state index contributed by atoms with van der Waals surface area (Å²) in [4.78, 5) is 21.7. The first-order valence-electron chi connectivity index (χ1n) is 9.72. The third kappa shape index (κ3) is 17.3. The van der Waals surface area contributed by atoms with Gasteiger partial charge in [0.1, 0.15) is 6.54 Å². The Hall–Kier alpha value is -1.10. The van der Waals surface area contributed by atoms with Crippen molar-refractivity contribution in [1.82, 2.24) is 5.32 Å². The summed E-state index contributed by atoms with van der Waals surface area (Å²) >= 11 is 0. The van der Waals surface area contributed by atoms with Gasteiger partial charge in [0.25, 0.3) is 0 Å². The summed E-state index contributed by atoms with van der Waals surface area (Å²) in [6, 6.07) is 0. The lowest BCUT2D eigenvalue weighted by atomic mass is 10.0. The van der Waals surface area contributed by atoms with E-state index in [9.17, 15) is 14.7 Å². The molecule has 0 aromatic heterocycles. The summed E-state index contributed by atoms with van der Waals surface area (Å²) in [5.41, 5.74) is 0. The summed E-state index contributed by atoms with van der Waals surface area (Å²) in [7, 11) is 0. The maximum atomic E-state index is 11.3. The van der Waals surface area contributed by atoms with Gasteiger partial charge in [-0.3, -0.25) is 9.59 Å². The SMILES string of the molecule is CCCCCCCCCCCCCC[C@H](O)CC(=O)NCC(=O)O. The van der Waals surface area contributed by atoms with E-state index in [1.807, 2.05) is 0 Å². The third-order valence-corrected chi connectivity index (χ3v) is 4.25. The van der Waals surface area contributed by atoms with Crippen LogP contribution in [0.2, 0.25) is 0 Å². The highest BCUT2D eigenvalue weighted by Gasteiger charge is 2.11. The van der Waals surface area contributed by atoms with Gasteiger partial charge in [0.15, 0.2) is 0 Å². The average molecular weight is 344 g/mol. The van der Waals surface area contributed by atoms with E-state index in [4.69, 9.17) is 5.11 Å². The molecule has 0 heterocycles. The molecule has 0 bridgehead atoms. The Labute approximate surface area is 147 Å². The molecule has 5 nitrogen and oxygen atoms in total. The van der Waals surface area contributed by atoms with E-state index in [1.165, 1.54) is 64.2 Å². The minimum atomic E-state index is -1.07. The van der Waals surface area contributed by atoms with Crippen LogP contribution in [0.1, 0.15) is 96.8 Å². The van der Waals surface area contributed by atoms with E-state index in [2.05, 4.69) is 12.2 Å². The maximum Gasteiger partial charge on any atom is 0.322 e. The Kier molecular flexibility index (Phi) is 16.0. The Bertz CT molecular complexity index is 320. The zero-order valence-electron chi connectivity index (χ0n) is 15.4. The average Bonchev–Trinajstić information content (AvgIpc) is 2.54. The number of aliphatic hydroxyl groups is 1. The van der Waals surface area contributed by atoms with E-state index in [0.29, 0.717) is 6.42 Å². The van der Waals surface area contributed by atoms with Crippen LogP contribution < -0.4 is 5.32 Å². The van der Waals surface area contributed by atoms with Crippen molar-refractivity contribution in [3.8, 4) is 0 Å². The van der Waals surface area contributed by atoms with Gasteiger partial charge in [-0.05, 0) is 6.42 Å². The Morgan fingerprint density at radius 1 is 0.833 bits per heavy atom. The zero-order chi connectivity index (χ0) is 18.0. The minimum absolute atomic E-state index is 0.00862. The number of unbranched alkanes of at least 4 members (excludes halogenated alkanes) is 11. The molecular weight excluding hydrogens is 306 g/mol. The number of hydrogen-bond acceptors (Lipinski definition) is 3. The molecule has 1 amide bonds. The zero-order valence-corrected chi connectivity index (χ0v) is 15.4. The lowest BCUT2D eigenvalue weighted by Crippen LogP contribution is -2.31. The lowest BCUT2D eigenvalue weighted by molar-refractivity contribution is -0.138. The van der Waals surface area contributed by atoms with E-state index in [-0.39, 0.29) is 13.0 Å². The third-order valence-electron chi connectivity index (χ3n) is 4.25. The van der Waals surface area contributed by atoms with E-state index < -0.39 is 18.0 Å². The monoisotopic (exact) mass is 343 g/mol. The fourth-order valence-corrected chi connectivity index (χ4v) is 2.78. The predicted molar refractivity (Wildman–Crippen MR) is 97.0 cm³/mol. The van der Waals surface area contributed by atoms with Gasteiger partial charge in [-0.1, -0.05) is 84.0 Å². The number of carboxylic acids is 1. The molecule has 0 aliphatic heterocycles. The molecule has 5 heteroatoms. The number of carboxylic acid groups (broad SMARTS) is 1. The molecular formula is C19H37NO4. The summed E-state index contributed by atoms with van der Waals surface area (Å²) in [5.74, 6) is -1.47. The number of carbonyl (C=O) groups is 2. The Balaban J connectivity index is 3.28. The van der Waals surface area contributed by atoms with Gasteiger partial charge in [0.05, 0.1) is 12.5 Å². The lowest BCUT2D eigenvalue weighted by Gasteiger charge is -2.10. The second-order valence-corrected chi connectivity index (χ2v) is 6.71. The fraction of sp³-hybridized carbons (Fsp3) is 0.895. The van der Waals surface area contributed by atoms with Crippen LogP contribution in [0.3, 0.4) is 0 Å². The number of rotatable bonds is 17. The van der Waals surface area contributed by atoms with Crippen LogP contribution in [0.4, 0.5) is 0 Å². The molecule has 0 radical (unpaired) electrons. The molecule has 0 aromatic carbocycles. The molecule has 24 heavy (non-hydrogen) atoms. The van der Waals surface area contributed by atoms with Crippen LogP contribution in [0, 0.1) is 0 Å². The number of carbonyl (C=O) groups excluding carboxylic acids is 1. The van der Waals surface area contributed by atoms with Crippen molar-refractivity contribution in [3.05, 3.63) is 0 Å². The van der Waals surface area contributed by atoms with Gasteiger partial charge in [-0.25, -0.2) is 0 Å². The van der Waals surface area contributed by atoms with Crippen LogP contribution in [-0.2, 0) is 9.59 Å². The minimum Gasteiger partial charge on any atom is -0.480 e. The van der Waals surface area contributed by atoms with Crippen LogP contribution in [0.25, 0.3) is 0 Å². The number of amides is 1. The second-order valence-electron chi connectivity index (χ2n) is 6.71. The van der Waals surface area contributed by atoms with Gasteiger partial charge in [0, 0.05) is 0 Å². The molecule has 3 N–H and O–H groups in total. The van der Waals surface area contributed by atoms with E-state index >= 15 is 0 Å². The van der Waals surface area contributed by atoms with Crippen molar-refractivity contribution >= 4 is 11.9 Å². The van der Waals surface area contributed by atoms with Crippen LogP contribution in [-0.4, -0.2) is 34.7 Å². The summed E-state index contributed by atoms with van der Waals surface area (Å²) < 4.78 is 0. The first-order valence-corrected chi connectivity index (χ1v) is 9.72. The fourth-order valence-electron chi connectivity index (χ4n) is 2.78. The number of nitrogens with one attached hydrogen (secondary N) is 1. The molecule has 0 aromatic rings. The molecule has 1 atom stereocenters. The van der Waals surface area contributed by atoms with E-state index in [1.54, 1.807) is 0 Å². The summed E-state index contributed by atoms with van der Waals surface area (Å²) in [5, 5.41) is 20.4. The quantitative estimate of drug-likeness (QED) is 0.348. The number of aliphatic carboxylic acids is 1. The highest BCUT2D eigenvalue weighted by atomic mass is 16.4.